The van der Waals surface area contributed by atoms with Crippen LogP contribution in [0.1, 0.15) is 44.6 Å². The van der Waals surface area contributed by atoms with Crippen molar-refractivity contribution in [3.63, 3.8) is 0 Å². The number of amides is 2. The Morgan fingerprint density at radius 3 is 2.67 bits per heavy atom. The van der Waals surface area contributed by atoms with Crippen molar-refractivity contribution >= 4 is 41.1 Å². The highest BCUT2D eigenvalue weighted by atomic mass is 35.5. The van der Waals surface area contributed by atoms with Gasteiger partial charge in [-0.2, -0.15) is 0 Å². The van der Waals surface area contributed by atoms with Crippen LogP contribution in [-0.2, 0) is 9.59 Å². The molecular formula is C25H35Cl2N3O3. The highest BCUT2D eigenvalue weighted by Gasteiger charge is 2.30. The lowest BCUT2D eigenvalue weighted by Gasteiger charge is -2.39. The van der Waals surface area contributed by atoms with Gasteiger partial charge in [0.05, 0.1) is 10.0 Å². The Balaban J connectivity index is 1.42. The minimum absolute atomic E-state index is 0.0171. The molecule has 1 unspecified atom stereocenters. The van der Waals surface area contributed by atoms with E-state index in [2.05, 4.69) is 11.8 Å². The Morgan fingerprint density at radius 1 is 1.12 bits per heavy atom. The minimum atomic E-state index is -0.104. The average Bonchev–Trinajstić information content (AvgIpc) is 2.99. The quantitative estimate of drug-likeness (QED) is 0.438. The van der Waals surface area contributed by atoms with Crippen molar-refractivity contribution in [2.24, 2.45) is 5.41 Å². The molecule has 1 aromatic rings. The fraction of sp³-hybridized carbons (Fsp3) is 0.600. The minimum Gasteiger partial charge on any atom is -0.396 e. The predicted molar refractivity (Wildman–Crippen MR) is 133 cm³/mol. The standard InChI is InChI=1S/C25H35Cl2N3O3/c1-25(19-31)10-4-12-28(18-25)11-2-3-13-29-15-16-30(14-9-24(29)33)23(32)8-6-20-5-7-21(26)22(27)17-20/h5-8,17,31H,2-4,9-16,18-19H2,1H3. The molecule has 0 bridgehead atoms. The Labute approximate surface area is 207 Å². The summed E-state index contributed by atoms with van der Waals surface area (Å²) in [5, 5.41) is 10.6. The summed E-state index contributed by atoms with van der Waals surface area (Å²) in [6.45, 7) is 7.70. The lowest BCUT2D eigenvalue weighted by atomic mass is 9.83. The molecule has 8 heteroatoms. The average molecular weight is 496 g/mol. The molecule has 6 nitrogen and oxygen atoms in total. The van der Waals surface area contributed by atoms with Gasteiger partial charge in [-0.05, 0) is 62.5 Å². The number of likely N-dealkylation sites (tertiary alicyclic amines) is 1. The van der Waals surface area contributed by atoms with E-state index in [-0.39, 0.29) is 23.8 Å². The number of rotatable bonds is 8. The molecule has 0 saturated carbocycles. The summed E-state index contributed by atoms with van der Waals surface area (Å²) in [6, 6.07) is 5.22. The van der Waals surface area contributed by atoms with E-state index in [0.29, 0.717) is 36.1 Å². The van der Waals surface area contributed by atoms with Crippen LogP contribution in [0, 0.1) is 5.41 Å². The smallest absolute Gasteiger partial charge is 0.246 e. The summed E-state index contributed by atoms with van der Waals surface area (Å²) >= 11 is 12.0. The normalized spacial score (nSPS) is 22.7. The van der Waals surface area contributed by atoms with E-state index in [9.17, 15) is 14.7 Å². The molecule has 2 heterocycles. The number of benzene rings is 1. The van der Waals surface area contributed by atoms with Gasteiger partial charge >= 0.3 is 0 Å². The third kappa shape index (κ3) is 7.71. The Kier molecular flexibility index (Phi) is 9.62. The van der Waals surface area contributed by atoms with Gasteiger partial charge in [0.2, 0.25) is 11.8 Å². The molecule has 2 aliphatic heterocycles. The van der Waals surface area contributed by atoms with Crippen molar-refractivity contribution in [1.29, 1.82) is 0 Å². The van der Waals surface area contributed by atoms with Crippen LogP contribution in [0.3, 0.4) is 0 Å². The fourth-order valence-corrected chi connectivity index (χ4v) is 4.90. The van der Waals surface area contributed by atoms with Gasteiger partial charge in [0.15, 0.2) is 0 Å². The Morgan fingerprint density at radius 2 is 1.91 bits per heavy atom. The number of piperidine rings is 1. The van der Waals surface area contributed by atoms with E-state index in [1.165, 1.54) is 6.08 Å². The van der Waals surface area contributed by atoms with Crippen LogP contribution in [0.25, 0.3) is 6.08 Å². The zero-order valence-electron chi connectivity index (χ0n) is 19.4. The van der Waals surface area contributed by atoms with Gasteiger partial charge in [0.25, 0.3) is 0 Å². The lowest BCUT2D eigenvalue weighted by Crippen LogP contribution is -2.44. The van der Waals surface area contributed by atoms with E-state index in [4.69, 9.17) is 23.2 Å². The number of nitrogens with zero attached hydrogens (tertiary/aromatic N) is 3. The maximum Gasteiger partial charge on any atom is 0.246 e. The summed E-state index contributed by atoms with van der Waals surface area (Å²) in [6.07, 6.45) is 7.79. The molecule has 182 valence electrons. The summed E-state index contributed by atoms with van der Waals surface area (Å²) in [5.41, 5.74) is 0.821. The Bertz CT molecular complexity index is 863. The van der Waals surface area contributed by atoms with Crippen LogP contribution in [0.5, 0.6) is 0 Å². The van der Waals surface area contributed by atoms with Gasteiger partial charge < -0.3 is 19.8 Å². The van der Waals surface area contributed by atoms with Gasteiger partial charge in [-0.15, -0.1) is 0 Å². The molecular weight excluding hydrogens is 461 g/mol. The van der Waals surface area contributed by atoms with Crippen LogP contribution in [0.4, 0.5) is 0 Å². The molecule has 2 amide bonds. The summed E-state index contributed by atoms with van der Waals surface area (Å²) in [5.74, 6) is 0.0114. The highest BCUT2D eigenvalue weighted by Crippen LogP contribution is 2.28. The first-order valence-corrected chi connectivity index (χ1v) is 12.6. The van der Waals surface area contributed by atoms with Crippen molar-refractivity contribution in [3.05, 3.63) is 39.9 Å². The van der Waals surface area contributed by atoms with E-state index in [1.807, 2.05) is 4.90 Å². The zero-order valence-corrected chi connectivity index (χ0v) is 21.0. The molecule has 1 atom stereocenters. The number of aliphatic hydroxyl groups is 1. The summed E-state index contributed by atoms with van der Waals surface area (Å²) in [7, 11) is 0. The topological polar surface area (TPSA) is 64.1 Å². The molecule has 0 radical (unpaired) electrons. The second-order valence-electron chi connectivity index (χ2n) is 9.52. The molecule has 0 aromatic heterocycles. The number of aliphatic hydroxyl groups excluding tert-OH is 1. The van der Waals surface area contributed by atoms with Gasteiger partial charge in [-0.1, -0.05) is 36.2 Å². The van der Waals surface area contributed by atoms with E-state index in [1.54, 1.807) is 29.2 Å². The van der Waals surface area contributed by atoms with Crippen molar-refractivity contribution in [1.82, 2.24) is 14.7 Å². The maximum atomic E-state index is 12.6. The van der Waals surface area contributed by atoms with Gasteiger partial charge in [-0.25, -0.2) is 0 Å². The summed E-state index contributed by atoms with van der Waals surface area (Å²) in [4.78, 5) is 31.2. The fourth-order valence-electron chi connectivity index (χ4n) is 4.60. The van der Waals surface area contributed by atoms with Crippen LogP contribution in [-0.4, -0.2) is 84.0 Å². The number of carbonyl (C=O) groups is 2. The number of carbonyl (C=O) groups excluding carboxylic acids is 2. The number of halogens is 2. The zero-order chi connectivity index (χ0) is 23.8. The molecule has 1 aromatic carbocycles. The second-order valence-corrected chi connectivity index (χ2v) is 10.3. The van der Waals surface area contributed by atoms with Crippen molar-refractivity contribution in [3.8, 4) is 0 Å². The number of hydrogen-bond acceptors (Lipinski definition) is 4. The molecule has 0 aliphatic carbocycles. The monoisotopic (exact) mass is 495 g/mol. The lowest BCUT2D eigenvalue weighted by molar-refractivity contribution is -0.130. The highest BCUT2D eigenvalue weighted by molar-refractivity contribution is 6.42. The number of hydrogen-bond donors (Lipinski definition) is 1. The second kappa shape index (κ2) is 12.2. The molecule has 2 aliphatic rings. The molecule has 33 heavy (non-hydrogen) atoms. The molecule has 0 spiro atoms. The Hall–Kier alpha value is -1.60. The predicted octanol–water partition coefficient (Wildman–Crippen LogP) is 3.94. The van der Waals surface area contributed by atoms with E-state index < -0.39 is 0 Å². The first kappa shape index (κ1) is 26.0. The first-order chi connectivity index (χ1) is 15.8. The van der Waals surface area contributed by atoms with E-state index in [0.717, 1.165) is 57.4 Å². The number of unbranched alkanes of at least 4 members (excludes halogenated alkanes) is 1. The third-order valence-electron chi connectivity index (χ3n) is 6.66. The molecule has 2 saturated heterocycles. The molecule has 3 rings (SSSR count). The van der Waals surface area contributed by atoms with Crippen molar-refractivity contribution < 1.29 is 14.7 Å². The van der Waals surface area contributed by atoms with Gasteiger partial charge in [0.1, 0.15) is 0 Å². The first-order valence-electron chi connectivity index (χ1n) is 11.8. The summed E-state index contributed by atoms with van der Waals surface area (Å²) < 4.78 is 0. The van der Waals surface area contributed by atoms with Crippen LogP contribution in [0.2, 0.25) is 10.0 Å². The molecule has 1 N–H and O–H groups in total. The van der Waals surface area contributed by atoms with Crippen LogP contribution >= 0.6 is 23.2 Å². The van der Waals surface area contributed by atoms with Crippen LogP contribution in [0.15, 0.2) is 24.3 Å². The SMILES string of the molecule is CC1(CO)CCCN(CCCCN2CCN(C(=O)C=Cc3ccc(Cl)c(Cl)c3)CCC2=O)C1. The van der Waals surface area contributed by atoms with Crippen LogP contribution < -0.4 is 0 Å². The van der Waals surface area contributed by atoms with E-state index >= 15 is 0 Å². The van der Waals surface area contributed by atoms with Gasteiger partial charge in [-0.3, -0.25) is 9.59 Å². The maximum absolute atomic E-state index is 12.6. The van der Waals surface area contributed by atoms with Crippen molar-refractivity contribution in [2.45, 2.75) is 39.0 Å². The van der Waals surface area contributed by atoms with Crippen molar-refractivity contribution in [2.75, 3.05) is 52.4 Å². The third-order valence-corrected chi connectivity index (χ3v) is 7.39. The van der Waals surface area contributed by atoms with Gasteiger partial charge in [0, 0.05) is 57.2 Å². The largest absolute Gasteiger partial charge is 0.396 e. The molecule has 2 fully saturated rings.